The highest BCUT2D eigenvalue weighted by Crippen LogP contribution is 2.36. The first-order valence-electron chi connectivity index (χ1n) is 9.36. The summed E-state index contributed by atoms with van der Waals surface area (Å²) in [4.78, 5) is 0. The van der Waals surface area contributed by atoms with Crippen LogP contribution >= 0.6 is 0 Å². The van der Waals surface area contributed by atoms with E-state index in [9.17, 15) is 0 Å². The molecule has 0 spiro atoms. The molecule has 0 aliphatic heterocycles. The van der Waals surface area contributed by atoms with Crippen molar-refractivity contribution in [3.05, 3.63) is 0 Å². The minimum atomic E-state index is 0.796. The van der Waals surface area contributed by atoms with Crippen LogP contribution < -0.4 is 5.32 Å². The molecule has 1 saturated carbocycles. The highest BCUT2D eigenvalue weighted by molar-refractivity contribution is 4.85. The van der Waals surface area contributed by atoms with Gasteiger partial charge in [0, 0.05) is 6.04 Å². The summed E-state index contributed by atoms with van der Waals surface area (Å²) >= 11 is 0. The third-order valence-corrected chi connectivity index (χ3v) is 5.52. The molecule has 0 aromatic heterocycles. The van der Waals surface area contributed by atoms with Gasteiger partial charge in [0.15, 0.2) is 0 Å². The third-order valence-electron chi connectivity index (χ3n) is 5.52. The van der Waals surface area contributed by atoms with Crippen molar-refractivity contribution >= 4 is 0 Å². The number of hydrogen-bond donors (Lipinski definition) is 1. The Hall–Kier alpha value is -0.0400. The summed E-state index contributed by atoms with van der Waals surface area (Å²) in [6.45, 7) is 7.12. The molecule has 120 valence electrons. The summed E-state index contributed by atoms with van der Waals surface area (Å²) in [7, 11) is 2.16. The Morgan fingerprint density at radius 1 is 0.950 bits per heavy atom. The topological polar surface area (TPSA) is 12.0 Å². The fourth-order valence-corrected chi connectivity index (χ4v) is 3.97. The molecule has 1 heteroatoms. The van der Waals surface area contributed by atoms with Crippen LogP contribution in [0.4, 0.5) is 0 Å². The predicted octanol–water partition coefficient (Wildman–Crippen LogP) is 5.79. The van der Waals surface area contributed by atoms with E-state index < -0.39 is 0 Å². The van der Waals surface area contributed by atoms with Gasteiger partial charge in [-0.2, -0.15) is 0 Å². The van der Waals surface area contributed by atoms with Crippen LogP contribution in [0, 0.1) is 17.8 Å². The van der Waals surface area contributed by atoms with E-state index in [0.717, 1.165) is 23.8 Å². The van der Waals surface area contributed by atoms with E-state index >= 15 is 0 Å². The quantitative estimate of drug-likeness (QED) is 0.500. The van der Waals surface area contributed by atoms with E-state index in [1.807, 2.05) is 0 Å². The van der Waals surface area contributed by atoms with Crippen molar-refractivity contribution in [1.82, 2.24) is 5.32 Å². The lowest BCUT2D eigenvalue weighted by Gasteiger charge is -2.38. The van der Waals surface area contributed by atoms with Crippen LogP contribution in [0.25, 0.3) is 0 Å². The van der Waals surface area contributed by atoms with Crippen LogP contribution in [0.3, 0.4) is 0 Å². The van der Waals surface area contributed by atoms with E-state index in [1.165, 1.54) is 70.6 Å². The average Bonchev–Trinajstić information content (AvgIpc) is 2.46. The van der Waals surface area contributed by atoms with E-state index in [-0.39, 0.29) is 0 Å². The van der Waals surface area contributed by atoms with Crippen LogP contribution in [0.5, 0.6) is 0 Å². The first-order valence-corrected chi connectivity index (χ1v) is 9.36. The zero-order valence-electron chi connectivity index (χ0n) is 14.6. The van der Waals surface area contributed by atoms with Gasteiger partial charge in [-0.25, -0.2) is 0 Å². The van der Waals surface area contributed by atoms with E-state index in [4.69, 9.17) is 0 Å². The van der Waals surface area contributed by atoms with Crippen molar-refractivity contribution in [3.63, 3.8) is 0 Å². The molecule has 0 aromatic rings. The molecule has 1 nitrogen and oxygen atoms in total. The molecular formula is C19H39N. The summed E-state index contributed by atoms with van der Waals surface area (Å²) in [6.07, 6.45) is 15.9. The van der Waals surface area contributed by atoms with Crippen LogP contribution in [-0.4, -0.2) is 13.1 Å². The number of rotatable bonds is 10. The van der Waals surface area contributed by atoms with Crippen LogP contribution in [0.15, 0.2) is 0 Å². The largest absolute Gasteiger partial charge is 0.317 e. The SMILES string of the molecule is CCCCCCCCCC1CC(C(C)C)CCC1NC. The molecule has 1 aliphatic carbocycles. The maximum Gasteiger partial charge on any atom is 0.00925 e. The second kappa shape index (κ2) is 10.7. The molecule has 3 unspecified atom stereocenters. The van der Waals surface area contributed by atoms with Gasteiger partial charge in [-0.3, -0.25) is 0 Å². The zero-order chi connectivity index (χ0) is 14.8. The summed E-state index contributed by atoms with van der Waals surface area (Å²) < 4.78 is 0. The minimum Gasteiger partial charge on any atom is -0.317 e. The first kappa shape index (κ1) is 18.0. The zero-order valence-corrected chi connectivity index (χ0v) is 14.6. The van der Waals surface area contributed by atoms with Crippen molar-refractivity contribution in [2.75, 3.05) is 7.05 Å². The van der Waals surface area contributed by atoms with Gasteiger partial charge in [-0.1, -0.05) is 65.7 Å². The Morgan fingerprint density at radius 2 is 1.60 bits per heavy atom. The molecule has 0 aromatic carbocycles. The van der Waals surface area contributed by atoms with E-state index in [1.54, 1.807) is 0 Å². The smallest absolute Gasteiger partial charge is 0.00925 e. The fourth-order valence-electron chi connectivity index (χ4n) is 3.97. The van der Waals surface area contributed by atoms with Crippen molar-refractivity contribution in [2.24, 2.45) is 17.8 Å². The van der Waals surface area contributed by atoms with Gasteiger partial charge in [0.25, 0.3) is 0 Å². The fraction of sp³-hybridized carbons (Fsp3) is 1.00. The van der Waals surface area contributed by atoms with Gasteiger partial charge in [-0.15, -0.1) is 0 Å². The Morgan fingerprint density at radius 3 is 2.20 bits per heavy atom. The monoisotopic (exact) mass is 281 g/mol. The number of nitrogens with one attached hydrogen (secondary N) is 1. The molecule has 0 heterocycles. The maximum atomic E-state index is 3.58. The van der Waals surface area contributed by atoms with Gasteiger partial charge >= 0.3 is 0 Å². The van der Waals surface area contributed by atoms with Gasteiger partial charge in [0.05, 0.1) is 0 Å². The van der Waals surface area contributed by atoms with Crippen molar-refractivity contribution < 1.29 is 0 Å². The van der Waals surface area contributed by atoms with E-state index in [2.05, 4.69) is 33.1 Å². The van der Waals surface area contributed by atoms with Crippen LogP contribution in [0.1, 0.15) is 91.4 Å². The molecule has 1 fully saturated rings. The van der Waals surface area contributed by atoms with Crippen molar-refractivity contribution in [3.8, 4) is 0 Å². The number of unbranched alkanes of at least 4 members (excludes halogenated alkanes) is 6. The molecule has 0 radical (unpaired) electrons. The van der Waals surface area contributed by atoms with Gasteiger partial charge in [0.2, 0.25) is 0 Å². The summed E-state index contributed by atoms with van der Waals surface area (Å²) in [5.74, 6) is 2.80. The molecule has 1 N–H and O–H groups in total. The maximum absolute atomic E-state index is 3.58. The van der Waals surface area contributed by atoms with Gasteiger partial charge in [-0.05, 0) is 50.5 Å². The Bertz CT molecular complexity index is 224. The summed E-state index contributed by atoms with van der Waals surface area (Å²) in [5.41, 5.74) is 0. The molecule has 0 bridgehead atoms. The average molecular weight is 282 g/mol. The molecule has 1 rings (SSSR count). The molecule has 20 heavy (non-hydrogen) atoms. The lowest BCUT2D eigenvalue weighted by atomic mass is 9.72. The number of hydrogen-bond acceptors (Lipinski definition) is 1. The normalized spacial score (nSPS) is 27.1. The second-order valence-corrected chi connectivity index (χ2v) is 7.38. The first-order chi connectivity index (χ1) is 9.69. The van der Waals surface area contributed by atoms with E-state index in [0.29, 0.717) is 0 Å². The molecule has 0 saturated heterocycles. The lowest BCUT2D eigenvalue weighted by molar-refractivity contribution is 0.163. The Labute approximate surface area is 128 Å². The Kier molecular flexibility index (Phi) is 9.59. The molecule has 1 aliphatic rings. The van der Waals surface area contributed by atoms with Crippen LogP contribution in [0.2, 0.25) is 0 Å². The third kappa shape index (κ3) is 6.61. The second-order valence-electron chi connectivity index (χ2n) is 7.38. The molecule has 0 amide bonds. The standard InChI is InChI=1S/C19H39N/c1-5-6-7-8-9-10-11-12-18-15-17(16(2)3)13-14-19(18)20-4/h16-20H,5-15H2,1-4H3. The Balaban J connectivity index is 2.18. The highest BCUT2D eigenvalue weighted by atomic mass is 14.9. The highest BCUT2D eigenvalue weighted by Gasteiger charge is 2.30. The van der Waals surface area contributed by atoms with Crippen molar-refractivity contribution in [1.29, 1.82) is 0 Å². The van der Waals surface area contributed by atoms with Gasteiger partial charge in [0.1, 0.15) is 0 Å². The minimum absolute atomic E-state index is 0.796. The summed E-state index contributed by atoms with van der Waals surface area (Å²) in [5, 5.41) is 3.58. The molecular weight excluding hydrogens is 242 g/mol. The predicted molar refractivity (Wildman–Crippen MR) is 91.1 cm³/mol. The van der Waals surface area contributed by atoms with Crippen molar-refractivity contribution in [2.45, 2.75) is 97.4 Å². The van der Waals surface area contributed by atoms with Gasteiger partial charge < -0.3 is 5.32 Å². The van der Waals surface area contributed by atoms with Crippen LogP contribution in [-0.2, 0) is 0 Å². The summed E-state index contributed by atoms with van der Waals surface area (Å²) in [6, 6.07) is 0.796. The molecule has 3 atom stereocenters. The lowest BCUT2D eigenvalue weighted by Crippen LogP contribution is -2.39.